The summed E-state index contributed by atoms with van der Waals surface area (Å²) in [6.07, 6.45) is 4.13. The number of phenols is 1. The van der Waals surface area contributed by atoms with Crippen LogP contribution in [-0.2, 0) is 32.0 Å². The molecule has 0 saturated carbocycles. The maximum atomic E-state index is 13.3. The summed E-state index contributed by atoms with van der Waals surface area (Å²) in [4.78, 5) is 57.3. The highest BCUT2D eigenvalue weighted by atomic mass is 32.1. The molecule has 10 N–H and O–H groups in total. The minimum absolute atomic E-state index is 0.0360. The normalized spacial score (nSPS) is 14.1. The molecule has 0 saturated heterocycles. The van der Waals surface area contributed by atoms with Gasteiger partial charge in [-0.05, 0) is 43.5 Å². The van der Waals surface area contributed by atoms with Crippen LogP contribution in [-0.4, -0.2) is 80.3 Å². The maximum Gasteiger partial charge on any atom is 0.326 e. The Bertz CT molecular complexity index is 1050. The highest BCUT2D eigenvalue weighted by Crippen LogP contribution is 2.12. The van der Waals surface area contributed by atoms with Crippen molar-refractivity contribution >= 4 is 36.3 Å². The molecule has 0 aliphatic rings. The second kappa shape index (κ2) is 15.6. The van der Waals surface area contributed by atoms with Crippen LogP contribution in [0.2, 0.25) is 0 Å². The minimum atomic E-state index is -1.27. The number of carboxylic acid groups (broad SMARTS) is 1. The lowest BCUT2D eigenvalue weighted by Gasteiger charge is -2.25. The number of nitrogens with one attached hydrogen (secondary N) is 4. The Morgan fingerprint density at radius 3 is 2.16 bits per heavy atom. The highest BCUT2D eigenvalue weighted by Gasteiger charge is 2.30. The average molecular weight is 550 g/mol. The number of aromatic nitrogens is 2. The molecule has 4 atom stereocenters. The maximum absolute atomic E-state index is 13.3. The number of nitrogens with two attached hydrogens (primary N) is 2. The van der Waals surface area contributed by atoms with Gasteiger partial charge in [-0.1, -0.05) is 12.1 Å². The summed E-state index contributed by atoms with van der Waals surface area (Å²) >= 11 is 4.02. The van der Waals surface area contributed by atoms with Gasteiger partial charge in [-0.15, -0.1) is 0 Å². The number of imidazole rings is 1. The molecule has 0 aliphatic carbocycles. The highest BCUT2D eigenvalue weighted by molar-refractivity contribution is 7.80. The Kier molecular flexibility index (Phi) is 12.6. The van der Waals surface area contributed by atoms with Gasteiger partial charge >= 0.3 is 5.97 Å². The van der Waals surface area contributed by atoms with Gasteiger partial charge < -0.3 is 42.6 Å². The van der Waals surface area contributed by atoms with E-state index in [2.05, 4.69) is 38.5 Å². The van der Waals surface area contributed by atoms with E-state index in [1.54, 1.807) is 12.1 Å². The van der Waals surface area contributed by atoms with Crippen LogP contribution in [0, 0.1) is 0 Å². The van der Waals surface area contributed by atoms with Crippen molar-refractivity contribution < 1.29 is 29.4 Å². The van der Waals surface area contributed by atoms with Crippen LogP contribution in [0.5, 0.6) is 5.75 Å². The summed E-state index contributed by atoms with van der Waals surface area (Å²) in [6.45, 7) is 0.376. The van der Waals surface area contributed by atoms with E-state index in [0.717, 1.165) is 0 Å². The first-order chi connectivity index (χ1) is 18.1. The lowest BCUT2D eigenvalue weighted by Crippen LogP contribution is -2.58. The molecule has 0 radical (unpaired) electrons. The van der Waals surface area contributed by atoms with E-state index in [-0.39, 0.29) is 30.8 Å². The van der Waals surface area contributed by atoms with E-state index < -0.39 is 47.9 Å². The van der Waals surface area contributed by atoms with Crippen LogP contribution in [0.1, 0.15) is 30.5 Å². The fourth-order valence-electron chi connectivity index (χ4n) is 3.56. The van der Waals surface area contributed by atoms with Gasteiger partial charge in [0.1, 0.15) is 23.9 Å². The molecule has 1 aromatic heterocycles. The van der Waals surface area contributed by atoms with Crippen molar-refractivity contribution in [3.63, 3.8) is 0 Å². The molecule has 14 heteroatoms. The van der Waals surface area contributed by atoms with Gasteiger partial charge in [-0.2, -0.15) is 12.6 Å². The monoisotopic (exact) mass is 549 g/mol. The van der Waals surface area contributed by atoms with Crippen LogP contribution in [0.25, 0.3) is 0 Å². The number of H-pyrrole nitrogens is 1. The van der Waals surface area contributed by atoms with Crippen molar-refractivity contribution in [2.45, 2.75) is 56.3 Å². The van der Waals surface area contributed by atoms with Crippen LogP contribution in [0.15, 0.2) is 36.8 Å². The average Bonchev–Trinajstić information content (AvgIpc) is 3.41. The number of unbranched alkanes of at least 4 members (excludes halogenated alkanes) is 1. The lowest BCUT2D eigenvalue weighted by atomic mass is 10.0. The van der Waals surface area contributed by atoms with Gasteiger partial charge in [-0.3, -0.25) is 14.4 Å². The standard InChI is InChI=1S/C24H35N7O6S/c25-8-2-1-3-18(22(34)31-20(24(36)37)10-15-11-27-13-28-15)29-23(35)19(30-21(33)17(26)12-38)9-14-4-6-16(32)7-5-14/h4-7,11,13,17-20,32,38H,1-3,8-10,12,25-26H2,(H,27,28)(H,29,35)(H,30,33)(H,31,34)(H,36,37). The molecular formula is C24H35N7O6S. The van der Waals surface area contributed by atoms with Gasteiger partial charge in [0.2, 0.25) is 17.7 Å². The SMILES string of the molecule is NCCCCC(NC(=O)C(Cc1ccc(O)cc1)NC(=O)C(N)CS)C(=O)NC(Cc1cnc[nH]1)C(=O)O. The molecule has 1 aromatic carbocycles. The number of phenolic OH excluding ortho intramolecular Hbond substituents is 1. The van der Waals surface area contributed by atoms with E-state index in [1.807, 2.05) is 0 Å². The Balaban J connectivity index is 2.21. The summed E-state index contributed by atoms with van der Waals surface area (Å²) < 4.78 is 0. The second-order valence-corrected chi connectivity index (χ2v) is 9.11. The van der Waals surface area contributed by atoms with Gasteiger partial charge in [-0.25, -0.2) is 9.78 Å². The number of aromatic amines is 1. The Morgan fingerprint density at radius 2 is 1.58 bits per heavy atom. The summed E-state index contributed by atoms with van der Waals surface area (Å²) in [5.41, 5.74) is 12.5. The molecule has 4 unspecified atom stereocenters. The van der Waals surface area contributed by atoms with Crippen molar-refractivity contribution in [1.29, 1.82) is 0 Å². The van der Waals surface area contributed by atoms with E-state index >= 15 is 0 Å². The molecule has 3 amide bonds. The Hall–Kier alpha value is -3.62. The molecule has 1 heterocycles. The van der Waals surface area contributed by atoms with Crippen molar-refractivity contribution in [3.05, 3.63) is 48.0 Å². The molecule has 0 fully saturated rings. The fraction of sp³-hybridized carbons (Fsp3) is 0.458. The first-order valence-corrected chi connectivity index (χ1v) is 12.7. The fourth-order valence-corrected chi connectivity index (χ4v) is 3.73. The van der Waals surface area contributed by atoms with E-state index in [0.29, 0.717) is 30.6 Å². The number of hydrogen-bond donors (Lipinski definition) is 9. The van der Waals surface area contributed by atoms with E-state index in [9.17, 15) is 29.4 Å². The number of nitrogens with zero attached hydrogens (tertiary/aromatic N) is 1. The zero-order chi connectivity index (χ0) is 28.1. The first-order valence-electron chi connectivity index (χ1n) is 12.1. The zero-order valence-corrected chi connectivity index (χ0v) is 21.7. The number of aliphatic carboxylic acids is 1. The molecule has 38 heavy (non-hydrogen) atoms. The minimum Gasteiger partial charge on any atom is -0.508 e. The molecule has 2 rings (SSSR count). The third kappa shape index (κ3) is 10.0. The number of rotatable bonds is 16. The Labute approximate surface area is 225 Å². The molecular weight excluding hydrogens is 514 g/mol. The predicted octanol–water partition coefficient (Wildman–Crippen LogP) is -1.17. The number of benzene rings is 1. The number of carbonyl (C=O) groups excluding carboxylic acids is 3. The summed E-state index contributed by atoms with van der Waals surface area (Å²) in [6, 6.07) is 1.66. The van der Waals surface area contributed by atoms with Gasteiger partial charge in [0.25, 0.3) is 0 Å². The molecule has 0 bridgehead atoms. The quantitative estimate of drug-likeness (QED) is 0.0906. The topological polar surface area (TPSA) is 226 Å². The number of thiol groups is 1. The largest absolute Gasteiger partial charge is 0.508 e. The van der Waals surface area contributed by atoms with E-state index in [4.69, 9.17) is 11.5 Å². The van der Waals surface area contributed by atoms with Gasteiger partial charge in [0.15, 0.2) is 0 Å². The molecule has 2 aromatic rings. The van der Waals surface area contributed by atoms with Crippen LogP contribution in [0.4, 0.5) is 0 Å². The molecule has 0 spiro atoms. The number of aromatic hydroxyl groups is 1. The van der Waals surface area contributed by atoms with Crippen molar-refractivity contribution in [1.82, 2.24) is 25.9 Å². The third-order valence-electron chi connectivity index (χ3n) is 5.72. The molecule has 0 aliphatic heterocycles. The van der Waals surface area contributed by atoms with Crippen LogP contribution < -0.4 is 27.4 Å². The lowest BCUT2D eigenvalue weighted by molar-refractivity contribution is -0.142. The van der Waals surface area contributed by atoms with Crippen molar-refractivity contribution in [3.8, 4) is 5.75 Å². The predicted molar refractivity (Wildman–Crippen MR) is 142 cm³/mol. The second-order valence-electron chi connectivity index (χ2n) is 8.75. The number of amides is 3. The zero-order valence-electron chi connectivity index (χ0n) is 20.8. The van der Waals surface area contributed by atoms with Crippen molar-refractivity contribution in [2.24, 2.45) is 11.5 Å². The number of hydrogen-bond acceptors (Lipinski definition) is 9. The van der Waals surface area contributed by atoms with Crippen LogP contribution >= 0.6 is 12.6 Å². The van der Waals surface area contributed by atoms with Gasteiger partial charge in [0.05, 0.1) is 12.4 Å². The molecule has 208 valence electrons. The Morgan fingerprint density at radius 1 is 0.947 bits per heavy atom. The first kappa shape index (κ1) is 30.6. The molecule has 13 nitrogen and oxygen atoms in total. The number of carbonyl (C=O) groups is 4. The number of carboxylic acids is 1. The van der Waals surface area contributed by atoms with E-state index in [1.165, 1.54) is 24.7 Å². The summed E-state index contributed by atoms with van der Waals surface area (Å²) in [5.74, 6) is -3.12. The third-order valence-corrected chi connectivity index (χ3v) is 6.11. The van der Waals surface area contributed by atoms with Gasteiger partial charge in [0, 0.05) is 30.5 Å². The van der Waals surface area contributed by atoms with Crippen LogP contribution in [0.3, 0.4) is 0 Å². The smallest absolute Gasteiger partial charge is 0.326 e. The summed E-state index contributed by atoms with van der Waals surface area (Å²) in [5, 5.41) is 26.9. The summed E-state index contributed by atoms with van der Waals surface area (Å²) in [7, 11) is 0. The van der Waals surface area contributed by atoms with Crippen molar-refractivity contribution in [2.75, 3.05) is 12.3 Å².